The second-order valence-electron chi connectivity index (χ2n) is 7.84. The van der Waals surface area contributed by atoms with Crippen LogP contribution in [0.2, 0.25) is 5.02 Å². The van der Waals surface area contributed by atoms with Crippen molar-refractivity contribution in [1.82, 2.24) is 19.7 Å². The van der Waals surface area contributed by atoms with Crippen LogP contribution in [0.15, 0.2) is 45.9 Å². The number of urea groups is 1. The van der Waals surface area contributed by atoms with Gasteiger partial charge in [-0.3, -0.25) is 0 Å². The van der Waals surface area contributed by atoms with Gasteiger partial charge in [0.1, 0.15) is 11.5 Å². The monoisotopic (exact) mass is 429 g/mol. The molecule has 2 aliphatic heterocycles. The van der Waals surface area contributed by atoms with E-state index in [1.165, 1.54) is 5.01 Å². The van der Waals surface area contributed by atoms with E-state index < -0.39 is 0 Å². The fraction of sp³-hybridized carbons (Fsp3) is 0.455. The molecule has 0 unspecified atom stereocenters. The molecule has 0 spiro atoms. The number of nitrogens with zero attached hydrogens (tertiary/aromatic N) is 5. The van der Waals surface area contributed by atoms with Gasteiger partial charge in [-0.25, -0.2) is 9.80 Å². The topological polar surface area (TPSA) is 55.5 Å². The van der Waals surface area contributed by atoms with Gasteiger partial charge in [0, 0.05) is 49.9 Å². The number of piperazine rings is 1. The van der Waals surface area contributed by atoms with Crippen molar-refractivity contribution in [1.29, 1.82) is 0 Å². The van der Waals surface area contributed by atoms with Crippen molar-refractivity contribution in [2.24, 2.45) is 5.10 Å². The number of benzene rings is 1. The van der Waals surface area contributed by atoms with Crippen molar-refractivity contribution >= 4 is 23.8 Å². The van der Waals surface area contributed by atoms with E-state index in [9.17, 15) is 4.79 Å². The van der Waals surface area contributed by atoms with E-state index in [2.05, 4.69) is 21.9 Å². The molecule has 0 saturated carbocycles. The maximum absolute atomic E-state index is 12.6. The summed E-state index contributed by atoms with van der Waals surface area (Å²) in [6.45, 7) is 7.61. The van der Waals surface area contributed by atoms with E-state index in [1.54, 1.807) is 6.21 Å². The Morgan fingerprint density at radius 3 is 2.53 bits per heavy atom. The van der Waals surface area contributed by atoms with E-state index >= 15 is 0 Å². The summed E-state index contributed by atoms with van der Waals surface area (Å²) >= 11 is 5.93. The molecular formula is C22H28ClN5O2. The lowest BCUT2D eigenvalue weighted by molar-refractivity contribution is 0.147. The lowest BCUT2D eigenvalue weighted by Crippen LogP contribution is -2.45. The molecule has 4 rings (SSSR count). The van der Waals surface area contributed by atoms with Crippen molar-refractivity contribution in [3.05, 3.63) is 47.2 Å². The van der Waals surface area contributed by atoms with Crippen LogP contribution in [0.3, 0.4) is 0 Å². The highest BCUT2D eigenvalue weighted by molar-refractivity contribution is 6.30. The molecule has 0 aliphatic carbocycles. The average Bonchev–Trinajstić information content (AvgIpc) is 3.36. The van der Waals surface area contributed by atoms with Crippen LogP contribution < -0.4 is 0 Å². The highest BCUT2D eigenvalue weighted by Gasteiger charge is 2.28. The van der Waals surface area contributed by atoms with E-state index in [-0.39, 0.29) is 6.03 Å². The number of amides is 2. The molecule has 30 heavy (non-hydrogen) atoms. The maximum atomic E-state index is 12.6. The number of halogens is 1. The van der Waals surface area contributed by atoms with Crippen LogP contribution in [0.5, 0.6) is 0 Å². The molecule has 0 radical (unpaired) electrons. The number of likely N-dealkylation sites (N-methyl/N-ethyl adjacent to an activating group) is 1. The van der Waals surface area contributed by atoms with Crippen LogP contribution in [-0.2, 0) is 0 Å². The number of hydrazone groups is 1. The SMILES string of the molecule is CN1CCN(CCCN2CCN(/N=C/c3ccc(-c4ccc(Cl)cc4)o3)C2=O)CC1. The molecular weight excluding hydrogens is 402 g/mol. The van der Waals surface area contributed by atoms with Crippen LogP contribution >= 0.6 is 11.6 Å². The normalized spacial score (nSPS) is 18.8. The van der Waals surface area contributed by atoms with Crippen LogP contribution in [0.25, 0.3) is 11.3 Å². The van der Waals surface area contributed by atoms with Crippen LogP contribution in [0.1, 0.15) is 12.2 Å². The zero-order valence-electron chi connectivity index (χ0n) is 17.3. The molecule has 160 valence electrons. The van der Waals surface area contributed by atoms with Gasteiger partial charge in [-0.15, -0.1) is 0 Å². The molecule has 7 nitrogen and oxygen atoms in total. The molecule has 0 bridgehead atoms. The Balaban J connectivity index is 1.25. The molecule has 0 atom stereocenters. The van der Waals surface area contributed by atoms with Gasteiger partial charge in [-0.05, 0) is 56.4 Å². The summed E-state index contributed by atoms with van der Waals surface area (Å²) in [5.41, 5.74) is 0.947. The number of hydrogen-bond acceptors (Lipinski definition) is 5. The Morgan fingerprint density at radius 2 is 1.77 bits per heavy atom. The zero-order chi connectivity index (χ0) is 20.9. The molecule has 2 fully saturated rings. The van der Waals surface area contributed by atoms with E-state index in [1.807, 2.05) is 41.3 Å². The number of carbonyl (C=O) groups excluding carboxylic acids is 1. The van der Waals surface area contributed by atoms with E-state index in [4.69, 9.17) is 16.0 Å². The number of hydrogen-bond donors (Lipinski definition) is 0. The summed E-state index contributed by atoms with van der Waals surface area (Å²) in [5, 5.41) is 6.54. The molecule has 1 aromatic carbocycles. The number of carbonyl (C=O) groups is 1. The van der Waals surface area contributed by atoms with E-state index in [0.29, 0.717) is 23.9 Å². The van der Waals surface area contributed by atoms with Crippen molar-refractivity contribution < 1.29 is 9.21 Å². The van der Waals surface area contributed by atoms with Gasteiger partial charge in [0.2, 0.25) is 0 Å². The Labute approximate surface area is 182 Å². The third-order valence-corrected chi connectivity index (χ3v) is 5.90. The minimum absolute atomic E-state index is 0.0332. The smallest absolute Gasteiger partial charge is 0.340 e. The summed E-state index contributed by atoms with van der Waals surface area (Å²) < 4.78 is 5.82. The number of furan rings is 1. The largest absolute Gasteiger partial charge is 0.455 e. The molecule has 3 heterocycles. The van der Waals surface area contributed by atoms with Gasteiger partial charge in [0.25, 0.3) is 0 Å². The summed E-state index contributed by atoms with van der Waals surface area (Å²) in [4.78, 5) is 19.3. The average molecular weight is 430 g/mol. The Bertz CT molecular complexity index is 874. The highest BCUT2D eigenvalue weighted by Crippen LogP contribution is 2.23. The Kier molecular flexibility index (Phi) is 6.72. The quantitative estimate of drug-likeness (QED) is 0.633. The molecule has 2 aromatic rings. The van der Waals surface area contributed by atoms with Gasteiger partial charge >= 0.3 is 6.03 Å². The zero-order valence-corrected chi connectivity index (χ0v) is 18.1. The lowest BCUT2D eigenvalue weighted by Gasteiger charge is -2.32. The van der Waals surface area contributed by atoms with Crippen molar-refractivity contribution in [3.63, 3.8) is 0 Å². The molecule has 8 heteroatoms. The van der Waals surface area contributed by atoms with Crippen LogP contribution in [0.4, 0.5) is 4.79 Å². The fourth-order valence-electron chi connectivity index (χ4n) is 3.76. The third-order valence-electron chi connectivity index (χ3n) is 5.65. The minimum atomic E-state index is -0.0332. The van der Waals surface area contributed by atoms with Gasteiger partial charge in [-0.2, -0.15) is 5.10 Å². The first-order chi connectivity index (χ1) is 14.6. The summed E-state index contributed by atoms with van der Waals surface area (Å²) in [6, 6.07) is 11.2. The standard InChI is InChI=1S/C22H28ClN5O2/c1-25-11-13-26(14-12-25)9-2-10-27-15-16-28(22(27)29)24-17-20-7-8-21(30-20)18-3-5-19(23)6-4-18/h3-8,17H,2,9-16H2,1H3/b24-17+. The number of rotatable bonds is 7. The van der Waals surface area contributed by atoms with Gasteiger partial charge in [-0.1, -0.05) is 11.6 Å². The summed E-state index contributed by atoms with van der Waals surface area (Å²) in [6.07, 6.45) is 2.60. The van der Waals surface area contributed by atoms with Gasteiger partial charge in [0.05, 0.1) is 12.8 Å². The van der Waals surface area contributed by atoms with Crippen molar-refractivity contribution in [2.45, 2.75) is 6.42 Å². The van der Waals surface area contributed by atoms with Crippen LogP contribution in [-0.4, -0.2) is 91.4 Å². The summed E-state index contributed by atoms with van der Waals surface area (Å²) in [5.74, 6) is 1.35. The molecule has 1 aromatic heterocycles. The third kappa shape index (κ3) is 5.22. The second-order valence-corrected chi connectivity index (χ2v) is 8.28. The van der Waals surface area contributed by atoms with E-state index in [0.717, 1.165) is 57.0 Å². The minimum Gasteiger partial charge on any atom is -0.455 e. The predicted molar refractivity (Wildman–Crippen MR) is 119 cm³/mol. The maximum Gasteiger partial charge on any atom is 0.340 e. The Hall–Kier alpha value is -2.35. The second kappa shape index (κ2) is 9.64. The molecule has 0 N–H and O–H groups in total. The van der Waals surface area contributed by atoms with Crippen molar-refractivity contribution in [3.8, 4) is 11.3 Å². The molecule has 2 aliphatic rings. The first kappa shape index (κ1) is 20.9. The van der Waals surface area contributed by atoms with Crippen LogP contribution in [0, 0.1) is 0 Å². The van der Waals surface area contributed by atoms with Gasteiger partial charge in [0.15, 0.2) is 0 Å². The molecule has 2 amide bonds. The highest BCUT2D eigenvalue weighted by atomic mass is 35.5. The lowest BCUT2D eigenvalue weighted by atomic mass is 10.2. The first-order valence-corrected chi connectivity index (χ1v) is 10.8. The predicted octanol–water partition coefficient (Wildman–Crippen LogP) is 3.31. The van der Waals surface area contributed by atoms with Crippen molar-refractivity contribution in [2.75, 3.05) is 59.4 Å². The van der Waals surface area contributed by atoms with Gasteiger partial charge < -0.3 is 19.1 Å². The summed E-state index contributed by atoms with van der Waals surface area (Å²) in [7, 11) is 2.16. The fourth-order valence-corrected chi connectivity index (χ4v) is 3.89. The Morgan fingerprint density at radius 1 is 1.00 bits per heavy atom. The molecule has 2 saturated heterocycles. The first-order valence-electron chi connectivity index (χ1n) is 10.5.